The van der Waals surface area contributed by atoms with Gasteiger partial charge in [-0.1, -0.05) is 11.6 Å². The summed E-state index contributed by atoms with van der Waals surface area (Å²) in [5.74, 6) is 0.676. The highest BCUT2D eigenvalue weighted by Gasteiger charge is 2.38. The van der Waals surface area contributed by atoms with Crippen LogP contribution in [-0.2, 0) is 10.9 Å². The molecule has 258 valence electrons. The standard InChI is InChI=1S/C31H35ClF3N7O5S/c1-3-46-22-12-18(30(43)39-25-13-19(6-9-37-25)31(33,34)35)4-5-21(22)26-27-28(36)38-14-24(32)42(27)29(40-26)23-15-41(17(2)16-47-23)20-7-10-48(44,45)11-8-20/h4-6,9,12-14,17,20,23,44-45H,3,7-8,10-11,15-16H2,1-2H3,(H2,36,38)(H,37,39,43)/t17-,23+/m0/s1. The van der Waals surface area contributed by atoms with Gasteiger partial charge < -0.3 is 20.5 Å². The molecule has 2 atom stereocenters. The number of imidazole rings is 1. The lowest BCUT2D eigenvalue weighted by Gasteiger charge is -2.47. The van der Waals surface area contributed by atoms with E-state index in [4.69, 9.17) is 31.8 Å². The average molecular weight is 710 g/mol. The zero-order chi connectivity index (χ0) is 34.4. The smallest absolute Gasteiger partial charge is 0.416 e. The highest BCUT2D eigenvalue weighted by molar-refractivity contribution is 8.24. The van der Waals surface area contributed by atoms with Crippen LogP contribution in [0.1, 0.15) is 54.5 Å². The van der Waals surface area contributed by atoms with Crippen LogP contribution < -0.4 is 15.8 Å². The van der Waals surface area contributed by atoms with Crippen LogP contribution in [0.2, 0.25) is 5.15 Å². The first-order valence-electron chi connectivity index (χ1n) is 15.3. The molecule has 12 nitrogen and oxygen atoms in total. The first-order valence-corrected chi connectivity index (χ1v) is 17.6. The Morgan fingerprint density at radius 2 is 1.96 bits per heavy atom. The Hall–Kier alpha value is -3.67. The van der Waals surface area contributed by atoms with E-state index in [-0.39, 0.29) is 46.8 Å². The molecule has 0 radical (unpaired) electrons. The van der Waals surface area contributed by atoms with E-state index in [2.05, 4.69) is 27.1 Å². The maximum Gasteiger partial charge on any atom is 0.416 e. The van der Waals surface area contributed by atoms with Crippen molar-refractivity contribution in [3.8, 4) is 17.0 Å². The molecule has 0 spiro atoms. The fourth-order valence-electron chi connectivity index (χ4n) is 6.20. The Morgan fingerprint density at radius 3 is 2.67 bits per heavy atom. The number of hydrogen-bond acceptors (Lipinski definition) is 10. The van der Waals surface area contributed by atoms with E-state index in [1.165, 1.54) is 18.3 Å². The molecule has 2 fully saturated rings. The van der Waals surface area contributed by atoms with E-state index in [0.717, 1.165) is 18.3 Å². The topological polar surface area (TPSA) is 160 Å². The maximum atomic E-state index is 13.2. The molecule has 2 aliphatic heterocycles. The fraction of sp³-hybridized carbons (Fsp3) is 0.419. The fourth-order valence-corrected chi connectivity index (χ4v) is 7.92. The molecule has 5 heterocycles. The van der Waals surface area contributed by atoms with Crippen molar-refractivity contribution in [2.75, 3.05) is 42.3 Å². The highest BCUT2D eigenvalue weighted by Crippen LogP contribution is 2.46. The number of aromatic nitrogens is 4. The number of hydrogen-bond donors (Lipinski definition) is 4. The number of morpholine rings is 1. The summed E-state index contributed by atoms with van der Waals surface area (Å²) in [5, 5.41) is 2.66. The summed E-state index contributed by atoms with van der Waals surface area (Å²) < 4.78 is 73.8. The Labute approximate surface area is 280 Å². The van der Waals surface area contributed by atoms with E-state index in [1.54, 1.807) is 17.4 Å². The molecular formula is C31H35ClF3N7O5S. The lowest BCUT2D eigenvalue weighted by Crippen LogP contribution is -2.52. The first-order chi connectivity index (χ1) is 22.8. The van der Waals surface area contributed by atoms with Gasteiger partial charge in [-0.2, -0.15) is 23.8 Å². The van der Waals surface area contributed by atoms with Gasteiger partial charge in [0.15, 0.2) is 0 Å². The average Bonchev–Trinajstić information content (AvgIpc) is 3.45. The van der Waals surface area contributed by atoms with Crippen molar-refractivity contribution in [1.29, 1.82) is 0 Å². The van der Waals surface area contributed by atoms with Crippen molar-refractivity contribution in [3.05, 3.63) is 64.8 Å². The number of halogens is 4. The molecule has 1 amide bonds. The summed E-state index contributed by atoms with van der Waals surface area (Å²) in [6, 6.07) is 6.38. The molecule has 4 aromatic rings. The molecule has 3 aromatic heterocycles. The molecule has 1 aromatic carbocycles. The zero-order valence-corrected chi connectivity index (χ0v) is 27.6. The summed E-state index contributed by atoms with van der Waals surface area (Å²) in [4.78, 5) is 28.5. The summed E-state index contributed by atoms with van der Waals surface area (Å²) in [6.07, 6.45) is -1.41. The molecule has 17 heteroatoms. The Morgan fingerprint density at radius 1 is 1.21 bits per heavy atom. The van der Waals surface area contributed by atoms with Crippen molar-refractivity contribution < 1.29 is 36.5 Å². The van der Waals surface area contributed by atoms with E-state index >= 15 is 0 Å². The molecule has 5 N–H and O–H groups in total. The summed E-state index contributed by atoms with van der Waals surface area (Å²) in [6.45, 7) is 4.95. The molecule has 2 saturated heterocycles. The van der Waals surface area contributed by atoms with Crippen molar-refractivity contribution in [2.24, 2.45) is 0 Å². The van der Waals surface area contributed by atoms with Crippen molar-refractivity contribution in [2.45, 2.75) is 51.1 Å². The number of ether oxygens (including phenoxy) is 2. The second-order valence-electron chi connectivity index (χ2n) is 11.8. The minimum Gasteiger partial charge on any atom is -0.493 e. The Kier molecular flexibility index (Phi) is 9.50. The van der Waals surface area contributed by atoms with Gasteiger partial charge >= 0.3 is 6.18 Å². The molecule has 6 rings (SSSR count). The van der Waals surface area contributed by atoms with E-state index in [1.807, 2.05) is 0 Å². The SMILES string of the molecule is CCOc1cc(C(=O)Nc2cc(C(F)(F)F)ccn2)ccc1-c1nc([C@H]2CN(C3CCS(O)(O)CC3)[C@@H](C)CO2)n2c(Cl)cnc(N)c12. The number of rotatable bonds is 7. The third kappa shape index (κ3) is 6.91. The minimum atomic E-state index is -4.60. The lowest BCUT2D eigenvalue weighted by atomic mass is 10.0. The predicted molar refractivity (Wildman–Crippen MR) is 177 cm³/mol. The third-order valence-corrected chi connectivity index (χ3v) is 10.6. The van der Waals surface area contributed by atoms with E-state index in [9.17, 15) is 27.1 Å². The normalized spacial score (nSPS) is 21.2. The highest BCUT2D eigenvalue weighted by atomic mass is 35.5. The molecule has 2 aliphatic rings. The van der Waals surface area contributed by atoms with Crippen LogP contribution in [0.15, 0.2) is 42.7 Å². The lowest BCUT2D eigenvalue weighted by molar-refractivity contribution is -0.137. The number of nitrogens with one attached hydrogen (secondary N) is 1. The Bertz CT molecular complexity index is 1830. The van der Waals surface area contributed by atoms with Crippen molar-refractivity contribution in [1.82, 2.24) is 24.3 Å². The van der Waals surface area contributed by atoms with E-state index in [0.29, 0.717) is 60.1 Å². The monoisotopic (exact) mass is 709 g/mol. The number of amides is 1. The van der Waals surface area contributed by atoms with Gasteiger partial charge in [0.1, 0.15) is 45.7 Å². The number of pyridine rings is 1. The third-order valence-electron chi connectivity index (χ3n) is 8.59. The molecule has 0 saturated carbocycles. The van der Waals surface area contributed by atoms with Gasteiger partial charge in [0.25, 0.3) is 5.91 Å². The van der Waals surface area contributed by atoms with Crippen LogP contribution >= 0.6 is 22.2 Å². The number of nitrogens with two attached hydrogens (primary N) is 1. The number of benzene rings is 1. The summed E-state index contributed by atoms with van der Waals surface area (Å²) >= 11 is 6.71. The number of anilines is 2. The van der Waals surface area contributed by atoms with Crippen LogP contribution in [0.5, 0.6) is 5.75 Å². The number of alkyl halides is 3. The summed E-state index contributed by atoms with van der Waals surface area (Å²) in [7, 11) is -2.54. The number of fused-ring (bicyclic) bond motifs is 1. The van der Waals surface area contributed by atoms with Crippen molar-refractivity contribution >= 4 is 45.3 Å². The number of nitrogens with zero attached hydrogens (tertiary/aromatic N) is 5. The van der Waals surface area contributed by atoms with Gasteiger partial charge in [-0.25, -0.2) is 15.0 Å². The minimum absolute atomic E-state index is 0.0911. The molecule has 0 unspecified atom stereocenters. The van der Waals surface area contributed by atoms with E-state index < -0.39 is 34.3 Å². The second kappa shape index (κ2) is 13.3. The van der Waals surface area contributed by atoms with Crippen LogP contribution in [0.3, 0.4) is 0 Å². The summed E-state index contributed by atoms with van der Waals surface area (Å²) in [5.41, 5.74) is 6.84. The van der Waals surface area contributed by atoms with Crippen LogP contribution in [-0.4, -0.2) is 82.6 Å². The molecule has 0 aliphatic carbocycles. The maximum absolute atomic E-state index is 13.2. The molecule has 0 bridgehead atoms. The van der Waals surface area contributed by atoms with Gasteiger partial charge in [0.2, 0.25) is 0 Å². The van der Waals surface area contributed by atoms with Gasteiger partial charge in [-0.05, 0) is 57.0 Å². The largest absolute Gasteiger partial charge is 0.493 e. The zero-order valence-electron chi connectivity index (χ0n) is 26.1. The van der Waals surface area contributed by atoms with Crippen LogP contribution in [0.25, 0.3) is 16.8 Å². The first kappa shape index (κ1) is 34.2. The molecule has 48 heavy (non-hydrogen) atoms. The number of carbonyl (C=O) groups is 1. The predicted octanol–water partition coefficient (Wildman–Crippen LogP) is 6.37. The van der Waals surface area contributed by atoms with Gasteiger partial charge in [0.05, 0.1) is 25.0 Å². The van der Waals surface area contributed by atoms with Crippen LogP contribution in [0.4, 0.5) is 24.8 Å². The second-order valence-corrected chi connectivity index (χ2v) is 14.6. The van der Waals surface area contributed by atoms with Gasteiger partial charge in [-0.15, -0.1) is 0 Å². The van der Waals surface area contributed by atoms with Crippen LogP contribution in [0, 0.1) is 0 Å². The molecular weight excluding hydrogens is 675 g/mol. The Balaban J connectivity index is 1.35. The van der Waals surface area contributed by atoms with Gasteiger partial charge in [0, 0.05) is 47.5 Å². The van der Waals surface area contributed by atoms with Gasteiger partial charge in [-0.3, -0.25) is 23.2 Å². The van der Waals surface area contributed by atoms with Crippen molar-refractivity contribution in [3.63, 3.8) is 0 Å². The quantitative estimate of drug-likeness (QED) is 0.170. The number of carbonyl (C=O) groups excluding carboxylic acids is 1. The number of nitrogen functional groups attached to an aromatic ring is 1.